The Kier molecular flexibility index (Phi) is 13.2. The molecule has 0 aliphatic heterocycles. The van der Waals surface area contributed by atoms with E-state index in [1.807, 2.05) is 29.2 Å². The number of hydrogen-bond acceptors (Lipinski definition) is 6. The average molecular weight is 578 g/mol. The zero-order chi connectivity index (χ0) is 26.7. The third-order valence-electron chi connectivity index (χ3n) is 5.21. The number of nitrogens with one attached hydrogen (secondary N) is 2. The minimum atomic E-state index is -5.52. The molecule has 1 aromatic carbocycles. The average Bonchev–Trinajstić information content (AvgIpc) is 2.77. The minimum Gasteiger partial charge on any atom is -0.369 e. The van der Waals surface area contributed by atoms with E-state index in [1.54, 1.807) is 0 Å². The van der Waals surface area contributed by atoms with Gasteiger partial charge in [0, 0.05) is 43.5 Å². The molecule has 0 fully saturated rings. The van der Waals surface area contributed by atoms with Crippen molar-refractivity contribution in [2.75, 3.05) is 36.3 Å². The second-order valence-corrected chi connectivity index (χ2v) is 12.4. The van der Waals surface area contributed by atoms with Crippen molar-refractivity contribution in [3.63, 3.8) is 0 Å². The maximum atomic E-state index is 12.5. The summed E-state index contributed by atoms with van der Waals surface area (Å²) in [7, 11) is -11.0. The first-order valence-electron chi connectivity index (χ1n) is 10.6. The molecule has 0 bridgehead atoms. The fraction of sp³-hybridized carbons (Fsp3) is 0.579. The fourth-order valence-corrected chi connectivity index (χ4v) is 5.91. The molecular formula is C19H31Cl2N3O9P2. The van der Waals surface area contributed by atoms with Crippen LogP contribution < -0.4 is 15.5 Å². The van der Waals surface area contributed by atoms with Crippen LogP contribution in [0.1, 0.15) is 24.8 Å². The number of nitrogens with zero attached hydrogens (tertiary/aromatic N) is 1. The van der Waals surface area contributed by atoms with Gasteiger partial charge in [-0.1, -0.05) is 12.1 Å². The maximum Gasteiger partial charge on any atom is 0.369 e. The van der Waals surface area contributed by atoms with Gasteiger partial charge in [0.2, 0.25) is 12.3 Å². The summed E-state index contributed by atoms with van der Waals surface area (Å²) >= 11 is 11.6. The number of halogens is 2. The minimum absolute atomic E-state index is 0.0149. The summed E-state index contributed by atoms with van der Waals surface area (Å²) in [4.78, 5) is 62.0. The molecule has 0 saturated carbocycles. The first kappa shape index (κ1) is 31.8. The normalized spacial score (nSPS) is 13.2. The molecule has 12 nitrogen and oxygen atoms in total. The third kappa shape index (κ3) is 9.64. The van der Waals surface area contributed by atoms with Gasteiger partial charge in [-0.3, -0.25) is 18.7 Å². The summed E-state index contributed by atoms with van der Waals surface area (Å²) in [5, 5.41) is 11.3. The van der Waals surface area contributed by atoms with E-state index in [-0.39, 0.29) is 25.8 Å². The third-order valence-corrected chi connectivity index (χ3v) is 9.42. The molecule has 1 atom stereocenters. The quantitative estimate of drug-likeness (QED) is 0.0604. The summed E-state index contributed by atoms with van der Waals surface area (Å²) in [5.74, 6) is 0.344. The molecule has 0 aliphatic rings. The molecule has 200 valence electrons. The molecular weight excluding hydrogens is 547 g/mol. The Morgan fingerprint density at radius 1 is 1.03 bits per heavy atom. The first-order valence-corrected chi connectivity index (χ1v) is 14.9. The van der Waals surface area contributed by atoms with E-state index in [1.165, 1.54) is 0 Å². The van der Waals surface area contributed by atoms with Gasteiger partial charge in [0.15, 0.2) is 0 Å². The summed E-state index contributed by atoms with van der Waals surface area (Å²) < 4.78 is 22.7. The number of carbonyl (C=O) groups is 2. The van der Waals surface area contributed by atoms with Crippen LogP contribution in [-0.2, 0) is 25.1 Å². The molecule has 35 heavy (non-hydrogen) atoms. The van der Waals surface area contributed by atoms with Gasteiger partial charge in [0.25, 0.3) is 5.08 Å². The number of unbranched alkanes of at least 4 members (excludes halogenated alkanes) is 1. The summed E-state index contributed by atoms with van der Waals surface area (Å²) in [6, 6.07) is 6.42. The summed E-state index contributed by atoms with van der Waals surface area (Å²) in [6.07, 6.45) is -0.424. The van der Waals surface area contributed by atoms with E-state index in [0.29, 0.717) is 31.3 Å². The van der Waals surface area contributed by atoms with Crippen molar-refractivity contribution >= 4 is 56.4 Å². The van der Waals surface area contributed by atoms with E-state index in [0.717, 1.165) is 11.3 Å². The molecule has 16 heteroatoms. The molecule has 1 aromatic rings. The standard InChI is InChI=1S/C19H31Cl2N3O9P2/c20-8-11-24(12-9-21)16-5-3-15(4-6-16)13-17(23-14-25)18(26)22-10-2-1-7-19(27,34(28,29)30)35(31,32)33/h3-6,14,17,27H,1-2,7-13H2,(H,22,26)(H,23,25)(H2,28,29,30)(H2,31,32,33)/t17-/m0/s1. The maximum absolute atomic E-state index is 12.5. The number of anilines is 1. The first-order chi connectivity index (χ1) is 16.3. The van der Waals surface area contributed by atoms with E-state index >= 15 is 0 Å². The van der Waals surface area contributed by atoms with E-state index in [4.69, 9.17) is 42.8 Å². The molecule has 0 unspecified atom stereocenters. The topological polar surface area (TPSA) is 197 Å². The Balaban J connectivity index is 2.67. The molecule has 0 aromatic heterocycles. The second-order valence-electron chi connectivity index (χ2n) is 7.68. The number of aliphatic hydroxyl groups is 1. The van der Waals surface area contributed by atoms with Crippen molar-refractivity contribution in [2.45, 2.75) is 36.8 Å². The van der Waals surface area contributed by atoms with Crippen molar-refractivity contribution in [1.29, 1.82) is 0 Å². The molecule has 0 spiro atoms. The lowest BCUT2D eigenvalue weighted by molar-refractivity contribution is -0.125. The highest BCUT2D eigenvalue weighted by atomic mass is 35.5. The SMILES string of the molecule is O=CN[C@@H](Cc1ccc(N(CCCl)CCCl)cc1)C(=O)NCCCCC(O)(P(=O)(O)O)P(=O)(O)O. The predicted octanol–water partition coefficient (Wildman–Crippen LogP) is 0.916. The van der Waals surface area contributed by atoms with Crippen LogP contribution in [0, 0.1) is 0 Å². The lowest BCUT2D eigenvalue weighted by Gasteiger charge is -2.29. The van der Waals surface area contributed by atoms with Crippen molar-refractivity contribution in [3.05, 3.63) is 29.8 Å². The van der Waals surface area contributed by atoms with Crippen LogP contribution >= 0.6 is 38.4 Å². The zero-order valence-corrected chi connectivity index (χ0v) is 22.1. The van der Waals surface area contributed by atoms with E-state index in [9.17, 15) is 23.8 Å². The van der Waals surface area contributed by atoms with Crippen LogP contribution in [0.4, 0.5) is 5.69 Å². The van der Waals surface area contributed by atoms with Gasteiger partial charge in [-0.25, -0.2) is 0 Å². The Hall–Kier alpha value is -1.20. The summed E-state index contributed by atoms with van der Waals surface area (Å²) in [6.45, 7) is 1.22. The lowest BCUT2D eigenvalue weighted by Crippen LogP contribution is -2.45. The van der Waals surface area contributed by atoms with Gasteiger partial charge in [-0.2, -0.15) is 0 Å². The van der Waals surface area contributed by atoms with Crippen molar-refractivity contribution in [2.24, 2.45) is 0 Å². The van der Waals surface area contributed by atoms with Gasteiger partial charge >= 0.3 is 15.2 Å². The predicted molar refractivity (Wildman–Crippen MR) is 133 cm³/mol. The molecule has 0 saturated heterocycles. The largest absolute Gasteiger partial charge is 0.369 e. The number of hydrogen-bond donors (Lipinski definition) is 7. The van der Waals surface area contributed by atoms with E-state index < -0.39 is 38.6 Å². The van der Waals surface area contributed by atoms with Gasteiger partial charge < -0.3 is 40.2 Å². The molecule has 0 aliphatic carbocycles. The zero-order valence-electron chi connectivity index (χ0n) is 18.8. The van der Waals surface area contributed by atoms with Crippen molar-refractivity contribution < 1.29 is 43.4 Å². The Morgan fingerprint density at radius 3 is 2.03 bits per heavy atom. The van der Waals surface area contributed by atoms with Crippen LogP contribution in [0.3, 0.4) is 0 Å². The van der Waals surface area contributed by atoms with Crippen molar-refractivity contribution in [3.8, 4) is 0 Å². The molecule has 0 heterocycles. The number of rotatable bonds is 17. The van der Waals surface area contributed by atoms with Crippen LogP contribution in [0.5, 0.6) is 0 Å². The van der Waals surface area contributed by atoms with Crippen LogP contribution in [0.25, 0.3) is 0 Å². The monoisotopic (exact) mass is 577 g/mol. The Bertz CT molecular complexity index is 883. The fourth-order valence-electron chi connectivity index (χ4n) is 3.24. The van der Waals surface area contributed by atoms with E-state index in [2.05, 4.69) is 10.6 Å². The van der Waals surface area contributed by atoms with Crippen LogP contribution in [0.15, 0.2) is 24.3 Å². The highest BCUT2D eigenvalue weighted by Crippen LogP contribution is 2.69. The van der Waals surface area contributed by atoms with Gasteiger partial charge in [-0.15, -0.1) is 23.2 Å². The molecule has 2 amide bonds. The lowest BCUT2D eigenvalue weighted by atomic mass is 10.0. The van der Waals surface area contributed by atoms with Crippen LogP contribution in [0.2, 0.25) is 0 Å². The number of benzene rings is 1. The number of amides is 2. The van der Waals surface area contributed by atoms with Crippen LogP contribution in [-0.4, -0.2) is 79.5 Å². The second kappa shape index (κ2) is 14.5. The Morgan fingerprint density at radius 2 is 1.57 bits per heavy atom. The number of alkyl halides is 2. The van der Waals surface area contributed by atoms with Gasteiger partial charge in [0.1, 0.15) is 6.04 Å². The van der Waals surface area contributed by atoms with Crippen molar-refractivity contribution in [1.82, 2.24) is 10.6 Å². The Labute approximate surface area is 213 Å². The smallest absolute Gasteiger partial charge is 0.369 e. The highest BCUT2D eigenvalue weighted by Gasteiger charge is 2.58. The molecule has 0 radical (unpaired) electrons. The molecule has 1 rings (SSSR count). The summed E-state index contributed by atoms with van der Waals surface area (Å²) in [5.41, 5.74) is 1.68. The number of carbonyl (C=O) groups excluding carboxylic acids is 2. The highest BCUT2D eigenvalue weighted by molar-refractivity contribution is 7.72. The van der Waals surface area contributed by atoms with Gasteiger partial charge in [0.05, 0.1) is 0 Å². The molecule has 7 N–H and O–H groups in total. The van der Waals surface area contributed by atoms with Gasteiger partial charge in [-0.05, 0) is 37.0 Å².